The summed E-state index contributed by atoms with van der Waals surface area (Å²) in [6, 6.07) is 14.5. The monoisotopic (exact) mass is 498 g/mol. The van der Waals surface area contributed by atoms with Gasteiger partial charge in [0.2, 0.25) is 0 Å². The molecular weight excluding hydrogens is 448 g/mol. The van der Waals surface area contributed by atoms with E-state index in [0.29, 0.717) is 0 Å². The first-order valence-corrected chi connectivity index (χ1v) is 14.7. The van der Waals surface area contributed by atoms with Gasteiger partial charge in [-0.25, -0.2) is 0 Å². The molecule has 0 radical (unpaired) electrons. The molecule has 2 aromatic carbocycles. The maximum atomic E-state index is 3.82. The van der Waals surface area contributed by atoms with Crippen molar-refractivity contribution in [3.8, 4) is 0 Å². The molecule has 3 fully saturated rings. The molecule has 5 aliphatic rings. The first kappa shape index (κ1) is 24.8. The Kier molecular flexibility index (Phi) is 5.72. The van der Waals surface area contributed by atoms with Gasteiger partial charge in [0.15, 0.2) is 0 Å². The van der Waals surface area contributed by atoms with Gasteiger partial charge >= 0.3 is 0 Å². The van der Waals surface area contributed by atoms with E-state index in [9.17, 15) is 0 Å². The van der Waals surface area contributed by atoms with Gasteiger partial charge in [-0.15, -0.1) is 0 Å². The number of fused-ring (bicyclic) bond motifs is 4. The van der Waals surface area contributed by atoms with Crippen LogP contribution in [0.25, 0.3) is 11.1 Å². The summed E-state index contributed by atoms with van der Waals surface area (Å²) in [6.07, 6.45) is 13.2. The van der Waals surface area contributed by atoms with E-state index in [0.717, 1.165) is 17.8 Å². The third kappa shape index (κ3) is 4.55. The molecule has 2 heterocycles. The second kappa shape index (κ2) is 8.52. The Morgan fingerprint density at radius 1 is 0.757 bits per heavy atom. The average Bonchev–Trinajstić information content (AvgIpc) is 2.80. The van der Waals surface area contributed by atoms with Crippen LogP contribution in [0, 0.1) is 17.8 Å². The van der Waals surface area contributed by atoms with Gasteiger partial charge in [0.25, 0.3) is 0 Å². The first-order chi connectivity index (χ1) is 17.4. The fourth-order valence-corrected chi connectivity index (χ4v) is 8.16. The molecule has 0 amide bonds. The Hall–Kier alpha value is -2.48. The van der Waals surface area contributed by atoms with E-state index >= 15 is 0 Å². The van der Waals surface area contributed by atoms with Crippen LogP contribution in [-0.4, -0.2) is 11.1 Å². The molecule has 2 nitrogen and oxygen atoms in total. The molecule has 37 heavy (non-hydrogen) atoms. The molecule has 0 saturated heterocycles. The summed E-state index contributed by atoms with van der Waals surface area (Å²) in [5.41, 5.74) is 10.8. The molecule has 200 valence electrons. The van der Waals surface area contributed by atoms with Gasteiger partial charge in [-0.3, -0.25) is 0 Å². The molecule has 2 aliphatic heterocycles. The highest BCUT2D eigenvalue weighted by Gasteiger charge is 2.40. The Morgan fingerprint density at radius 2 is 1.22 bits per heavy atom. The number of hydrogen-bond donors (Lipinski definition) is 2. The molecule has 3 saturated carbocycles. The zero-order valence-corrected chi connectivity index (χ0v) is 24.1. The van der Waals surface area contributed by atoms with Crippen LogP contribution >= 0.6 is 0 Å². The van der Waals surface area contributed by atoms with Gasteiger partial charge in [-0.2, -0.15) is 0 Å². The number of hydrogen-bond acceptors (Lipinski definition) is 2. The third-order valence-corrected chi connectivity index (χ3v) is 9.95. The molecular formula is C35H50N2. The van der Waals surface area contributed by atoms with Gasteiger partial charge in [0.1, 0.15) is 0 Å². The van der Waals surface area contributed by atoms with Gasteiger partial charge in [0.05, 0.1) is 11.1 Å². The molecule has 0 unspecified atom stereocenters. The average molecular weight is 499 g/mol. The zero-order chi connectivity index (χ0) is 26.2. The second-order valence-corrected chi connectivity index (χ2v) is 14.3. The zero-order valence-electron chi connectivity index (χ0n) is 24.1. The SMILES string of the molecule is CC1=CC(C)(C)Nc2cc(C(C)(CCC3CC4CC(C3)C4)c3ccc4c(c3)NC(C)(C)C=C4C)ccc21.[HH].[HH]. The smallest absolute Gasteiger partial charge is 0.0505 e. The summed E-state index contributed by atoms with van der Waals surface area (Å²) in [5.74, 6) is 2.94. The largest absolute Gasteiger partial charge is 0.376 e. The number of benzene rings is 2. The highest BCUT2D eigenvalue weighted by atomic mass is 15.0. The van der Waals surface area contributed by atoms with Crippen LogP contribution in [0.15, 0.2) is 48.6 Å². The first-order valence-electron chi connectivity index (χ1n) is 14.7. The maximum absolute atomic E-state index is 3.82. The van der Waals surface area contributed by atoms with Crippen LogP contribution in [0.3, 0.4) is 0 Å². The summed E-state index contributed by atoms with van der Waals surface area (Å²) in [4.78, 5) is 0. The molecule has 7 rings (SSSR count). The molecule has 2 heteroatoms. The lowest BCUT2D eigenvalue weighted by atomic mass is 9.59. The fourth-order valence-electron chi connectivity index (χ4n) is 8.16. The van der Waals surface area contributed by atoms with Crippen LogP contribution in [-0.2, 0) is 5.41 Å². The third-order valence-electron chi connectivity index (χ3n) is 9.95. The van der Waals surface area contributed by atoms with E-state index in [-0.39, 0.29) is 19.3 Å². The number of allylic oxidation sites excluding steroid dienone is 2. The van der Waals surface area contributed by atoms with Crippen LogP contribution in [0.4, 0.5) is 11.4 Å². The summed E-state index contributed by atoms with van der Waals surface area (Å²) in [5, 5.41) is 7.64. The van der Waals surface area contributed by atoms with Crippen molar-refractivity contribution >= 4 is 22.5 Å². The molecule has 3 aliphatic carbocycles. The minimum Gasteiger partial charge on any atom is -0.376 e. The molecule has 2 N–H and O–H groups in total. The maximum Gasteiger partial charge on any atom is 0.0505 e. The predicted octanol–water partition coefficient (Wildman–Crippen LogP) is 9.92. The van der Waals surface area contributed by atoms with Gasteiger partial charge in [-0.05, 0) is 132 Å². The summed E-state index contributed by atoms with van der Waals surface area (Å²) in [7, 11) is 0. The quantitative estimate of drug-likeness (QED) is 0.428. The van der Waals surface area contributed by atoms with E-state index in [1.54, 1.807) is 0 Å². The number of anilines is 2. The van der Waals surface area contributed by atoms with Crippen molar-refractivity contribution in [3.63, 3.8) is 0 Å². The van der Waals surface area contributed by atoms with Crippen LogP contribution in [0.2, 0.25) is 0 Å². The van der Waals surface area contributed by atoms with Crippen LogP contribution in [0.5, 0.6) is 0 Å². The highest BCUT2D eigenvalue weighted by Crippen LogP contribution is 2.51. The van der Waals surface area contributed by atoms with Crippen LogP contribution in [0.1, 0.15) is 112 Å². The number of rotatable bonds is 5. The Bertz CT molecular complexity index is 1200. The van der Waals surface area contributed by atoms with Crippen molar-refractivity contribution in [3.05, 3.63) is 70.8 Å². The van der Waals surface area contributed by atoms with Crippen molar-refractivity contribution in [1.82, 2.24) is 0 Å². The van der Waals surface area contributed by atoms with E-state index in [2.05, 4.69) is 108 Å². The van der Waals surface area contributed by atoms with Crippen molar-refractivity contribution in [2.75, 3.05) is 10.6 Å². The lowest BCUT2D eigenvalue weighted by Gasteiger charge is -2.46. The lowest BCUT2D eigenvalue weighted by Crippen LogP contribution is -2.35. The predicted molar refractivity (Wildman–Crippen MR) is 164 cm³/mol. The molecule has 0 spiro atoms. The van der Waals surface area contributed by atoms with E-state index in [4.69, 9.17) is 0 Å². The lowest BCUT2D eigenvalue weighted by molar-refractivity contribution is 0.0606. The molecule has 2 bridgehead atoms. The van der Waals surface area contributed by atoms with Gasteiger partial charge in [-0.1, -0.05) is 43.3 Å². The van der Waals surface area contributed by atoms with Crippen molar-refractivity contribution in [1.29, 1.82) is 0 Å². The Morgan fingerprint density at radius 3 is 1.68 bits per heavy atom. The van der Waals surface area contributed by atoms with E-state index < -0.39 is 0 Å². The van der Waals surface area contributed by atoms with E-state index in [1.807, 2.05) is 0 Å². The molecule has 0 atom stereocenters. The van der Waals surface area contributed by atoms with E-state index in [1.165, 1.54) is 83.3 Å². The van der Waals surface area contributed by atoms with Gasteiger partial charge < -0.3 is 10.6 Å². The van der Waals surface area contributed by atoms with Crippen molar-refractivity contribution in [2.45, 2.75) is 103 Å². The van der Waals surface area contributed by atoms with Crippen LogP contribution < -0.4 is 10.6 Å². The van der Waals surface area contributed by atoms with Gasteiger partial charge in [0, 0.05) is 30.8 Å². The van der Waals surface area contributed by atoms with Crippen molar-refractivity contribution < 1.29 is 2.85 Å². The summed E-state index contributed by atoms with van der Waals surface area (Å²) < 4.78 is 0. The minimum absolute atomic E-state index is 0. The normalized spacial score (nSPS) is 26.9. The summed E-state index contributed by atoms with van der Waals surface area (Å²) in [6.45, 7) is 16.1. The Balaban J connectivity index is 0.00000176. The van der Waals surface area contributed by atoms with Crippen molar-refractivity contribution in [2.24, 2.45) is 17.8 Å². The second-order valence-electron chi connectivity index (χ2n) is 14.3. The molecule has 0 aromatic heterocycles. The molecule has 2 aromatic rings. The highest BCUT2D eigenvalue weighted by molar-refractivity contribution is 5.82. The standard InChI is InChI=1S/C35H46N2.2H2/c1-22-20-33(3,4)36-31-18-27(8-10-29(22)31)35(7,13-12-24-14-25-16-26(15-24)17-25)28-9-11-30-23(2)21-34(5,6)37-32(30)19-28;;/h8-11,18-21,24-26,36-37H,12-17H2,1-7H3;2*1H. The Labute approximate surface area is 228 Å². The minimum atomic E-state index is -0.0343. The number of nitrogens with one attached hydrogen (secondary N) is 2. The summed E-state index contributed by atoms with van der Waals surface area (Å²) >= 11 is 0. The topological polar surface area (TPSA) is 24.1 Å². The fraction of sp³-hybridized carbons (Fsp3) is 0.543.